The molecule has 4 aromatic rings. The van der Waals surface area contributed by atoms with Crippen LogP contribution >= 0.6 is 11.3 Å². The van der Waals surface area contributed by atoms with E-state index in [4.69, 9.17) is 13.6 Å². The van der Waals surface area contributed by atoms with E-state index in [1.807, 2.05) is 18.2 Å². The Morgan fingerprint density at radius 2 is 1.79 bits per heavy atom. The van der Waals surface area contributed by atoms with E-state index >= 15 is 0 Å². The lowest BCUT2D eigenvalue weighted by atomic mass is 9.98. The molecule has 0 saturated carbocycles. The van der Waals surface area contributed by atoms with Gasteiger partial charge in [0, 0.05) is 6.42 Å². The zero-order valence-electron chi connectivity index (χ0n) is 15.0. The molecule has 0 bridgehead atoms. The van der Waals surface area contributed by atoms with E-state index in [1.165, 1.54) is 11.3 Å². The minimum absolute atomic E-state index is 0.315. The van der Waals surface area contributed by atoms with E-state index < -0.39 is 18.0 Å². The van der Waals surface area contributed by atoms with Crippen LogP contribution in [0.1, 0.15) is 15.9 Å². The summed E-state index contributed by atoms with van der Waals surface area (Å²) in [4.78, 5) is 30.2. The predicted octanol–water partition coefficient (Wildman–Crippen LogP) is 4.38. The summed E-state index contributed by atoms with van der Waals surface area (Å²) < 4.78 is 16.3. The van der Waals surface area contributed by atoms with E-state index in [9.17, 15) is 9.59 Å². The Balaban J connectivity index is 1.42. The lowest BCUT2D eigenvalue weighted by Gasteiger charge is -2.23. The first kappa shape index (κ1) is 17.4. The van der Waals surface area contributed by atoms with Gasteiger partial charge in [0.25, 0.3) is 5.91 Å². The molecule has 0 saturated heterocycles. The van der Waals surface area contributed by atoms with E-state index in [2.05, 4.69) is 10.3 Å². The molecule has 0 fully saturated rings. The Kier molecular flexibility index (Phi) is 4.25. The molecule has 1 aliphatic heterocycles. The molecule has 8 heteroatoms. The fourth-order valence-corrected chi connectivity index (χ4v) is 4.13. The van der Waals surface area contributed by atoms with Crippen molar-refractivity contribution < 1.29 is 23.2 Å². The number of hydrogen-bond donors (Lipinski definition) is 1. The first-order chi connectivity index (χ1) is 14.2. The molecular formula is C21H14N2O5S. The molecule has 1 aliphatic rings. The highest BCUT2D eigenvalue weighted by Gasteiger charge is 2.32. The maximum absolute atomic E-state index is 12.7. The molecule has 7 nitrogen and oxygen atoms in total. The number of hydrogen-bond acceptors (Lipinski definition) is 7. The Hall–Kier alpha value is -3.65. The normalized spacial score (nSPS) is 15.6. The van der Waals surface area contributed by atoms with Crippen molar-refractivity contribution in [1.82, 2.24) is 4.98 Å². The first-order valence-corrected chi connectivity index (χ1v) is 9.69. The van der Waals surface area contributed by atoms with Crippen LogP contribution in [-0.4, -0.2) is 23.0 Å². The van der Waals surface area contributed by atoms with Crippen LogP contribution in [0.3, 0.4) is 0 Å². The third kappa shape index (κ3) is 3.23. The van der Waals surface area contributed by atoms with Gasteiger partial charge in [-0.25, -0.2) is 9.78 Å². The van der Waals surface area contributed by atoms with Gasteiger partial charge in [0.05, 0.1) is 18.1 Å². The second-order valence-corrected chi connectivity index (χ2v) is 7.39. The quantitative estimate of drug-likeness (QED) is 0.505. The van der Waals surface area contributed by atoms with Crippen LogP contribution in [0, 0.1) is 0 Å². The SMILES string of the molecule is O=C1O[C@@H](C(=O)Nc2nc(-c3ccco3)c(-c3ccco3)s2)Cc2ccccc21. The number of aromatic nitrogens is 1. The number of ether oxygens (including phenoxy) is 1. The maximum Gasteiger partial charge on any atom is 0.339 e. The molecular weight excluding hydrogens is 392 g/mol. The van der Waals surface area contributed by atoms with Crippen LogP contribution < -0.4 is 5.32 Å². The zero-order valence-corrected chi connectivity index (χ0v) is 15.8. The van der Waals surface area contributed by atoms with E-state index in [1.54, 1.807) is 42.9 Å². The number of nitrogens with zero attached hydrogens (tertiary/aromatic N) is 1. The molecule has 1 atom stereocenters. The van der Waals surface area contributed by atoms with Gasteiger partial charge in [-0.2, -0.15) is 0 Å². The van der Waals surface area contributed by atoms with E-state index in [0.29, 0.717) is 34.3 Å². The van der Waals surface area contributed by atoms with E-state index in [-0.39, 0.29) is 0 Å². The maximum atomic E-state index is 12.7. The summed E-state index contributed by atoms with van der Waals surface area (Å²) in [6.07, 6.45) is 2.52. The van der Waals surface area contributed by atoms with Gasteiger partial charge in [-0.05, 0) is 35.9 Å². The molecule has 4 heterocycles. The highest BCUT2D eigenvalue weighted by atomic mass is 32.1. The summed E-state index contributed by atoms with van der Waals surface area (Å²) >= 11 is 1.26. The molecule has 0 radical (unpaired) electrons. The summed E-state index contributed by atoms with van der Waals surface area (Å²) in [5.74, 6) is 0.246. The van der Waals surface area contributed by atoms with Gasteiger partial charge in [-0.1, -0.05) is 29.5 Å². The number of carbonyl (C=O) groups excluding carboxylic acids is 2. The molecule has 0 aliphatic carbocycles. The predicted molar refractivity (Wildman–Crippen MR) is 105 cm³/mol. The molecule has 3 aromatic heterocycles. The highest BCUT2D eigenvalue weighted by Crippen LogP contribution is 2.39. The summed E-state index contributed by atoms with van der Waals surface area (Å²) in [6.45, 7) is 0. The standard InChI is InChI=1S/C21H14N2O5S/c24-19(16-11-12-5-1-2-6-13(12)20(25)28-16)23-21-22-17(14-7-3-9-26-14)18(29-21)15-8-4-10-27-15/h1-10,16H,11H2,(H,22,23,24)/t16-/m1/s1. The number of fused-ring (bicyclic) bond motifs is 1. The van der Waals surface area contributed by atoms with Gasteiger partial charge in [0.1, 0.15) is 16.3 Å². The van der Waals surface area contributed by atoms with Crippen LogP contribution in [0.4, 0.5) is 5.13 Å². The van der Waals surface area contributed by atoms with Crippen molar-refractivity contribution in [2.75, 3.05) is 5.32 Å². The minimum atomic E-state index is -0.916. The number of rotatable bonds is 4. The number of anilines is 1. The number of furan rings is 2. The number of cyclic esters (lactones) is 1. The Morgan fingerprint density at radius 3 is 2.55 bits per heavy atom. The number of amides is 1. The fraction of sp³-hybridized carbons (Fsp3) is 0.0952. The van der Waals surface area contributed by atoms with Crippen molar-refractivity contribution in [2.24, 2.45) is 0 Å². The van der Waals surface area contributed by atoms with Gasteiger partial charge >= 0.3 is 5.97 Å². The van der Waals surface area contributed by atoms with Crippen LogP contribution in [0.5, 0.6) is 0 Å². The molecule has 1 N–H and O–H groups in total. The van der Waals surface area contributed by atoms with Crippen molar-refractivity contribution in [3.8, 4) is 22.1 Å². The first-order valence-electron chi connectivity index (χ1n) is 8.87. The average molecular weight is 406 g/mol. The Labute approximate surface area is 168 Å². The minimum Gasteiger partial charge on any atom is -0.463 e. The van der Waals surface area contributed by atoms with Crippen molar-refractivity contribution in [2.45, 2.75) is 12.5 Å². The lowest BCUT2D eigenvalue weighted by molar-refractivity contribution is -0.125. The Bertz CT molecular complexity index is 1130. The Morgan fingerprint density at radius 1 is 1.03 bits per heavy atom. The molecule has 29 heavy (non-hydrogen) atoms. The summed E-state index contributed by atoms with van der Waals surface area (Å²) in [6, 6.07) is 14.2. The van der Waals surface area contributed by atoms with Gasteiger partial charge in [-0.3, -0.25) is 10.1 Å². The lowest BCUT2D eigenvalue weighted by Crippen LogP contribution is -2.37. The fourth-order valence-electron chi connectivity index (χ4n) is 3.19. The molecule has 144 valence electrons. The molecule has 1 amide bonds. The van der Waals surface area contributed by atoms with Gasteiger partial charge < -0.3 is 13.6 Å². The summed E-state index contributed by atoms with van der Waals surface area (Å²) in [7, 11) is 0. The number of thiazole rings is 1. The van der Waals surface area contributed by atoms with Crippen LogP contribution in [0.15, 0.2) is 69.9 Å². The van der Waals surface area contributed by atoms with Gasteiger partial charge in [0.2, 0.25) is 0 Å². The van der Waals surface area contributed by atoms with E-state index in [0.717, 1.165) is 10.4 Å². The topological polar surface area (TPSA) is 94.6 Å². The molecule has 1 aromatic carbocycles. The van der Waals surface area contributed by atoms with Crippen molar-refractivity contribution in [3.05, 3.63) is 72.2 Å². The number of carbonyl (C=O) groups is 2. The summed E-state index contributed by atoms with van der Waals surface area (Å²) in [5.41, 5.74) is 1.85. The van der Waals surface area contributed by atoms with Crippen LogP contribution in [0.2, 0.25) is 0 Å². The van der Waals surface area contributed by atoms with Crippen molar-refractivity contribution >= 4 is 28.3 Å². The van der Waals surface area contributed by atoms with Crippen LogP contribution in [-0.2, 0) is 16.0 Å². The summed E-state index contributed by atoms with van der Waals surface area (Å²) in [5, 5.41) is 3.12. The second-order valence-electron chi connectivity index (χ2n) is 6.40. The number of benzene rings is 1. The van der Waals surface area contributed by atoms with Gasteiger partial charge in [-0.15, -0.1) is 0 Å². The largest absolute Gasteiger partial charge is 0.463 e. The highest BCUT2D eigenvalue weighted by molar-refractivity contribution is 7.19. The third-order valence-electron chi connectivity index (χ3n) is 4.54. The number of esters is 1. The van der Waals surface area contributed by atoms with Gasteiger partial charge in [0.15, 0.2) is 17.0 Å². The van der Waals surface area contributed by atoms with Crippen LogP contribution in [0.25, 0.3) is 22.1 Å². The third-order valence-corrected chi connectivity index (χ3v) is 5.53. The average Bonchev–Trinajstić information content (AvgIpc) is 3.48. The molecule has 0 spiro atoms. The zero-order chi connectivity index (χ0) is 19.8. The number of nitrogens with one attached hydrogen (secondary N) is 1. The second kappa shape index (κ2) is 7.06. The molecule has 0 unspecified atom stereocenters. The monoisotopic (exact) mass is 406 g/mol. The smallest absolute Gasteiger partial charge is 0.339 e. The van der Waals surface area contributed by atoms with Crippen molar-refractivity contribution in [1.29, 1.82) is 0 Å². The van der Waals surface area contributed by atoms with Crippen molar-refractivity contribution in [3.63, 3.8) is 0 Å². The molecule has 5 rings (SSSR count).